The summed E-state index contributed by atoms with van der Waals surface area (Å²) in [4.78, 5) is 12.6. The highest BCUT2D eigenvalue weighted by atomic mass is 32.2. The molecule has 1 atom stereocenters. The predicted molar refractivity (Wildman–Crippen MR) is 117 cm³/mol. The molecule has 1 unspecified atom stereocenters. The van der Waals surface area contributed by atoms with Crippen molar-refractivity contribution in [1.29, 1.82) is 0 Å². The zero-order chi connectivity index (χ0) is 21.8. The first-order chi connectivity index (χ1) is 14.9. The van der Waals surface area contributed by atoms with Crippen LogP contribution in [0.4, 0.5) is 0 Å². The molecule has 0 saturated carbocycles. The largest absolute Gasteiger partial charge is 0.486 e. The van der Waals surface area contributed by atoms with Crippen LogP contribution in [-0.4, -0.2) is 51.0 Å². The van der Waals surface area contributed by atoms with Crippen molar-refractivity contribution < 1.29 is 22.7 Å². The van der Waals surface area contributed by atoms with Gasteiger partial charge in [0.1, 0.15) is 12.7 Å². The zero-order valence-electron chi connectivity index (χ0n) is 17.6. The molecule has 0 bridgehead atoms. The Labute approximate surface area is 183 Å². The van der Waals surface area contributed by atoms with E-state index in [1.807, 2.05) is 55.5 Å². The lowest BCUT2D eigenvalue weighted by Gasteiger charge is -2.31. The molecule has 2 aliphatic heterocycles. The number of hydrogen-bond donors (Lipinski definition) is 1. The minimum atomic E-state index is -3.39. The maximum absolute atomic E-state index is 12.7. The summed E-state index contributed by atoms with van der Waals surface area (Å²) in [6.07, 6.45) is 0.794. The first-order valence-electron chi connectivity index (χ1n) is 10.6. The molecule has 1 N–H and O–H groups in total. The Morgan fingerprint density at radius 3 is 2.45 bits per heavy atom. The molecule has 4 rings (SSSR count). The summed E-state index contributed by atoms with van der Waals surface area (Å²) < 4.78 is 38.5. The van der Waals surface area contributed by atoms with E-state index in [-0.39, 0.29) is 23.7 Å². The van der Waals surface area contributed by atoms with Gasteiger partial charge >= 0.3 is 0 Å². The summed E-state index contributed by atoms with van der Waals surface area (Å²) in [6, 6.07) is 15.0. The van der Waals surface area contributed by atoms with Gasteiger partial charge in [-0.3, -0.25) is 4.79 Å². The topological polar surface area (TPSA) is 84.9 Å². The molecule has 2 heterocycles. The van der Waals surface area contributed by atoms with Crippen LogP contribution >= 0.6 is 0 Å². The van der Waals surface area contributed by atoms with Gasteiger partial charge in [0.15, 0.2) is 11.5 Å². The molecular weight excluding hydrogens is 416 g/mol. The smallest absolute Gasteiger partial charge is 0.223 e. The summed E-state index contributed by atoms with van der Waals surface area (Å²) in [5.41, 5.74) is 1.88. The van der Waals surface area contributed by atoms with Crippen molar-refractivity contribution in [2.24, 2.45) is 5.92 Å². The second-order valence-electron chi connectivity index (χ2n) is 8.16. The third-order valence-electron chi connectivity index (χ3n) is 5.76. The summed E-state index contributed by atoms with van der Waals surface area (Å²) in [7, 11) is -3.39. The lowest BCUT2D eigenvalue weighted by Crippen LogP contribution is -2.46. The molecule has 31 heavy (non-hydrogen) atoms. The van der Waals surface area contributed by atoms with Crippen molar-refractivity contribution >= 4 is 15.9 Å². The van der Waals surface area contributed by atoms with E-state index in [1.54, 1.807) is 0 Å². The number of carbonyl (C=O) groups excluding carboxylic acids is 1. The zero-order valence-corrected chi connectivity index (χ0v) is 18.4. The maximum Gasteiger partial charge on any atom is 0.223 e. The van der Waals surface area contributed by atoms with Gasteiger partial charge in [0, 0.05) is 19.0 Å². The summed E-state index contributed by atoms with van der Waals surface area (Å²) in [5, 5.41) is 2.94. The Kier molecular flexibility index (Phi) is 6.48. The molecule has 0 aliphatic carbocycles. The lowest BCUT2D eigenvalue weighted by atomic mass is 9.97. The van der Waals surface area contributed by atoms with Crippen LogP contribution in [0.1, 0.15) is 24.0 Å². The van der Waals surface area contributed by atoms with Crippen molar-refractivity contribution in [2.75, 3.05) is 26.2 Å². The van der Waals surface area contributed by atoms with Gasteiger partial charge in [-0.05, 0) is 37.5 Å². The van der Waals surface area contributed by atoms with Gasteiger partial charge in [-0.2, -0.15) is 0 Å². The normalized spacial score (nSPS) is 19.7. The van der Waals surface area contributed by atoms with Gasteiger partial charge in [-0.25, -0.2) is 12.7 Å². The number of ether oxygens (including phenoxy) is 2. The number of piperidine rings is 1. The Morgan fingerprint density at radius 1 is 1.06 bits per heavy atom. The third-order valence-corrected chi connectivity index (χ3v) is 7.61. The molecule has 0 aromatic heterocycles. The Hall–Kier alpha value is -2.58. The Balaban J connectivity index is 1.24. The van der Waals surface area contributed by atoms with E-state index in [4.69, 9.17) is 9.47 Å². The average molecular weight is 445 g/mol. The number of nitrogens with one attached hydrogen (secondary N) is 1. The molecule has 7 nitrogen and oxygen atoms in total. The number of benzene rings is 2. The lowest BCUT2D eigenvalue weighted by molar-refractivity contribution is -0.126. The fourth-order valence-electron chi connectivity index (χ4n) is 3.90. The van der Waals surface area contributed by atoms with Crippen LogP contribution in [0.15, 0.2) is 48.5 Å². The third kappa shape index (κ3) is 5.37. The highest BCUT2D eigenvalue weighted by Crippen LogP contribution is 2.30. The quantitative estimate of drug-likeness (QED) is 0.740. The van der Waals surface area contributed by atoms with Crippen LogP contribution in [-0.2, 0) is 20.6 Å². The number of fused-ring (bicyclic) bond motifs is 1. The Morgan fingerprint density at radius 2 is 1.74 bits per heavy atom. The fraction of sp³-hybridized carbons (Fsp3) is 0.435. The van der Waals surface area contributed by atoms with Crippen LogP contribution in [0.3, 0.4) is 0 Å². The minimum absolute atomic E-state index is 0.00929. The van der Waals surface area contributed by atoms with Crippen molar-refractivity contribution in [3.63, 3.8) is 0 Å². The molecule has 1 saturated heterocycles. The van der Waals surface area contributed by atoms with Crippen LogP contribution in [0.25, 0.3) is 0 Å². The van der Waals surface area contributed by atoms with E-state index in [9.17, 15) is 13.2 Å². The molecule has 2 aliphatic rings. The number of hydrogen-bond acceptors (Lipinski definition) is 5. The number of nitrogens with zero attached hydrogens (tertiary/aromatic N) is 1. The molecule has 2 aromatic rings. The number of para-hydroxylation sites is 2. The van der Waals surface area contributed by atoms with Crippen molar-refractivity contribution in [1.82, 2.24) is 9.62 Å². The summed E-state index contributed by atoms with van der Waals surface area (Å²) in [5.74, 6) is 1.13. The second kappa shape index (κ2) is 9.28. The number of amides is 1. The van der Waals surface area contributed by atoms with Gasteiger partial charge in [0.05, 0.1) is 12.3 Å². The van der Waals surface area contributed by atoms with E-state index in [0.717, 1.165) is 11.1 Å². The minimum Gasteiger partial charge on any atom is -0.486 e. The van der Waals surface area contributed by atoms with Crippen LogP contribution in [0.5, 0.6) is 11.5 Å². The summed E-state index contributed by atoms with van der Waals surface area (Å²) in [6.45, 7) is 3.44. The number of rotatable bonds is 6. The standard InChI is InChI=1S/C23H28N2O5S/c1-17-6-8-18(9-7-17)16-31(27,28)25-12-10-19(11-13-25)23(26)24-14-20-15-29-21-4-2-3-5-22(21)30-20/h2-9,19-20H,10-16H2,1H3,(H,24,26). The van der Waals surface area contributed by atoms with Crippen molar-refractivity contribution in [3.05, 3.63) is 59.7 Å². The van der Waals surface area contributed by atoms with Crippen molar-refractivity contribution in [3.8, 4) is 11.5 Å². The SMILES string of the molecule is Cc1ccc(CS(=O)(=O)N2CCC(C(=O)NCC3COc4ccccc4O3)CC2)cc1. The van der Waals surface area contributed by atoms with Crippen LogP contribution in [0.2, 0.25) is 0 Å². The second-order valence-corrected chi connectivity index (χ2v) is 10.1. The molecule has 0 radical (unpaired) electrons. The molecule has 8 heteroatoms. The van der Waals surface area contributed by atoms with Crippen LogP contribution < -0.4 is 14.8 Å². The Bertz CT molecular complexity index is 1010. The van der Waals surface area contributed by atoms with Gasteiger partial charge in [-0.1, -0.05) is 42.0 Å². The van der Waals surface area contributed by atoms with Crippen molar-refractivity contribution in [2.45, 2.75) is 31.6 Å². The summed E-state index contributed by atoms with van der Waals surface area (Å²) >= 11 is 0. The van der Waals surface area contributed by atoms with E-state index < -0.39 is 10.0 Å². The van der Waals surface area contributed by atoms with Gasteiger partial charge in [0.25, 0.3) is 0 Å². The van der Waals surface area contributed by atoms with Gasteiger partial charge < -0.3 is 14.8 Å². The first kappa shape index (κ1) is 21.6. The van der Waals surface area contributed by atoms with E-state index in [2.05, 4.69) is 5.32 Å². The monoisotopic (exact) mass is 444 g/mol. The highest BCUT2D eigenvalue weighted by molar-refractivity contribution is 7.88. The molecule has 1 fully saturated rings. The van der Waals surface area contributed by atoms with Gasteiger partial charge in [0.2, 0.25) is 15.9 Å². The fourth-order valence-corrected chi connectivity index (χ4v) is 5.47. The maximum atomic E-state index is 12.7. The van der Waals surface area contributed by atoms with E-state index in [0.29, 0.717) is 50.6 Å². The molecular formula is C23H28N2O5S. The van der Waals surface area contributed by atoms with E-state index >= 15 is 0 Å². The molecule has 166 valence electrons. The average Bonchev–Trinajstić information content (AvgIpc) is 2.79. The molecule has 1 amide bonds. The van der Waals surface area contributed by atoms with E-state index in [1.165, 1.54) is 4.31 Å². The number of aryl methyl sites for hydroxylation is 1. The predicted octanol–water partition coefficient (Wildman–Crippen LogP) is 2.49. The first-order valence-corrected chi connectivity index (χ1v) is 12.2. The van der Waals surface area contributed by atoms with Gasteiger partial charge in [-0.15, -0.1) is 0 Å². The molecule has 0 spiro atoms. The number of sulfonamides is 1. The van der Waals surface area contributed by atoms with Crippen LogP contribution in [0, 0.1) is 12.8 Å². The highest BCUT2D eigenvalue weighted by Gasteiger charge is 2.31. The molecule has 2 aromatic carbocycles. The number of carbonyl (C=O) groups is 1.